The third-order valence-corrected chi connectivity index (χ3v) is 17.3. The van der Waals surface area contributed by atoms with Gasteiger partial charge in [0.2, 0.25) is 0 Å². The van der Waals surface area contributed by atoms with Crippen LogP contribution in [0, 0.1) is 0 Å². The van der Waals surface area contributed by atoms with Crippen molar-refractivity contribution in [2.75, 3.05) is 4.90 Å². The van der Waals surface area contributed by atoms with Gasteiger partial charge in [0, 0.05) is 16.8 Å². The molecule has 0 fully saturated rings. The van der Waals surface area contributed by atoms with E-state index < -0.39 is 0 Å². The molecule has 1 heteroatoms. The summed E-state index contributed by atoms with van der Waals surface area (Å²) in [4.78, 5) is 2.46. The van der Waals surface area contributed by atoms with Gasteiger partial charge in [-0.3, -0.25) is 0 Å². The maximum Gasteiger partial charge on any atom is 0.0540 e. The Balaban J connectivity index is 0.979. The first-order chi connectivity index (χ1) is 39.2. The van der Waals surface area contributed by atoms with Gasteiger partial charge in [-0.2, -0.15) is 0 Å². The van der Waals surface area contributed by atoms with E-state index in [2.05, 4.69) is 290 Å². The average molecular weight is 998 g/mol. The number of rotatable bonds is 8. The molecule has 0 atom stereocenters. The first-order valence-electron chi connectivity index (χ1n) is 27.5. The number of anilines is 3. The Morgan fingerprint density at radius 2 is 0.481 bits per heavy atom. The first-order valence-corrected chi connectivity index (χ1v) is 27.5. The maximum absolute atomic E-state index is 2.46. The van der Waals surface area contributed by atoms with Crippen molar-refractivity contribution in [2.45, 2.75) is 0 Å². The van der Waals surface area contributed by atoms with Crippen molar-refractivity contribution < 1.29 is 0 Å². The van der Waals surface area contributed by atoms with Crippen molar-refractivity contribution in [1.82, 2.24) is 0 Å². The Bertz CT molecular complexity index is 4940. The molecule has 17 aromatic rings. The molecule has 79 heavy (non-hydrogen) atoms. The van der Waals surface area contributed by atoms with E-state index in [1.807, 2.05) is 0 Å². The molecule has 0 aliphatic carbocycles. The van der Waals surface area contributed by atoms with Gasteiger partial charge in [0.25, 0.3) is 0 Å². The fraction of sp³-hybridized carbons (Fsp3) is 0. The standard InChI is InChI=1S/C78H47N/c1-6-18-48(19-7-1)50-32-36-55(37-33-50)79(56-38-34-51(35-39-56)49-20-8-2-9-21-49)68-47-46-65-72-63(68)30-17-31-64(72)75-69(53-24-12-4-13-25-53)77-66-44-42-61-59-29-16-28-58-57(52-22-10-3-11-23-52)40-41-60(71(58)59)62-43-45-67(74(66)73(61)62)78(77)70(76(65)75)54-26-14-5-15-27-54/h1-47H. The SMILES string of the molecule is c1ccc(-c2ccc(N(c3ccc(-c4ccccc4)cc3)c3ccc4c5c(-c6ccccc6)c6c7ccc8c9ccc(-c%10ccccc%10)c%10cccc(c%11ccc(c6c(-c6ccccc6)c5c5cccc3c54)c7c%118)c%109)cc2)cc1. The van der Waals surface area contributed by atoms with Crippen LogP contribution in [0.3, 0.4) is 0 Å². The molecule has 17 rings (SSSR count). The molecule has 0 saturated heterocycles. The van der Waals surface area contributed by atoms with E-state index in [4.69, 9.17) is 0 Å². The van der Waals surface area contributed by atoms with Gasteiger partial charge in [-0.05, 0) is 178 Å². The lowest BCUT2D eigenvalue weighted by molar-refractivity contribution is 1.30. The molecule has 1 nitrogen and oxygen atoms in total. The van der Waals surface area contributed by atoms with Gasteiger partial charge >= 0.3 is 0 Å². The minimum atomic E-state index is 1.10. The highest BCUT2D eigenvalue weighted by Crippen LogP contribution is 2.58. The Morgan fingerprint density at radius 1 is 0.165 bits per heavy atom. The lowest BCUT2D eigenvalue weighted by Crippen LogP contribution is -2.10. The van der Waals surface area contributed by atoms with E-state index in [1.54, 1.807) is 0 Å². The second-order valence-corrected chi connectivity index (χ2v) is 21.3. The molecule has 0 spiro atoms. The Labute approximate surface area is 457 Å². The summed E-state index contributed by atoms with van der Waals surface area (Å²) in [5, 5.41) is 23.4. The van der Waals surface area contributed by atoms with Crippen LogP contribution >= 0.6 is 0 Å². The highest BCUT2D eigenvalue weighted by Gasteiger charge is 2.30. The monoisotopic (exact) mass is 997 g/mol. The molecule has 0 aliphatic rings. The molecule has 0 aliphatic heterocycles. The minimum Gasteiger partial charge on any atom is -0.310 e. The Kier molecular flexibility index (Phi) is 9.48. The molecule has 0 bridgehead atoms. The summed E-state index contributed by atoms with van der Waals surface area (Å²) in [7, 11) is 0. The summed E-state index contributed by atoms with van der Waals surface area (Å²) in [6.45, 7) is 0. The average Bonchev–Trinajstić information content (AvgIpc) is 4.18. The van der Waals surface area contributed by atoms with E-state index in [0.29, 0.717) is 0 Å². The molecule has 0 unspecified atom stereocenters. The van der Waals surface area contributed by atoms with Crippen molar-refractivity contribution in [1.29, 1.82) is 0 Å². The van der Waals surface area contributed by atoms with Crippen molar-refractivity contribution in [3.8, 4) is 55.6 Å². The predicted octanol–water partition coefficient (Wildman–Crippen LogP) is 22.2. The molecule has 0 radical (unpaired) electrons. The van der Waals surface area contributed by atoms with Crippen LogP contribution in [-0.2, 0) is 0 Å². The van der Waals surface area contributed by atoms with E-state index in [1.165, 1.54) is 153 Å². The predicted molar refractivity (Wildman–Crippen MR) is 339 cm³/mol. The minimum absolute atomic E-state index is 1.10. The number of hydrogen-bond acceptors (Lipinski definition) is 1. The van der Waals surface area contributed by atoms with Gasteiger partial charge in [-0.25, -0.2) is 0 Å². The fourth-order valence-corrected chi connectivity index (χ4v) is 14.0. The second kappa shape index (κ2) is 17.1. The summed E-state index contributed by atoms with van der Waals surface area (Å²) >= 11 is 0. The lowest BCUT2D eigenvalue weighted by atomic mass is 9.86. The number of nitrogens with zero attached hydrogens (tertiary/aromatic N) is 1. The van der Waals surface area contributed by atoms with Gasteiger partial charge in [-0.15, -0.1) is 0 Å². The summed E-state index contributed by atoms with van der Waals surface area (Å²) in [6, 6.07) is 106. The van der Waals surface area contributed by atoms with Crippen LogP contribution in [0.4, 0.5) is 17.1 Å². The molecular weight excluding hydrogens is 951 g/mol. The van der Waals surface area contributed by atoms with Crippen LogP contribution in [0.15, 0.2) is 285 Å². The van der Waals surface area contributed by atoms with Crippen molar-refractivity contribution in [3.05, 3.63) is 285 Å². The molecular formula is C78H47N. The summed E-state index contributed by atoms with van der Waals surface area (Å²) in [5.74, 6) is 0. The number of fused-ring (bicyclic) bond motifs is 8. The summed E-state index contributed by atoms with van der Waals surface area (Å²) in [6.07, 6.45) is 0. The molecule has 17 aromatic carbocycles. The van der Waals surface area contributed by atoms with Gasteiger partial charge < -0.3 is 4.90 Å². The molecule has 364 valence electrons. The van der Waals surface area contributed by atoms with Gasteiger partial charge in [-0.1, -0.05) is 255 Å². The third-order valence-electron chi connectivity index (χ3n) is 17.3. The Hall–Kier alpha value is -10.3. The summed E-state index contributed by atoms with van der Waals surface area (Å²) in [5.41, 5.74) is 15.7. The fourth-order valence-electron chi connectivity index (χ4n) is 14.0. The molecule has 0 saturated carbocycles. The van der Waals surface area contributed by atoms with Gasteiger partial charge in [0.15, 0.2) is 0 Å². The van der Waals surface area contributed by atoms with E-state index in [9.17, 15) is 0 Å². The largest absolute Gasteiger partial charge is 0.310 e. The van der Waals surface area contributed by atoms with Crippen molar-refractivity contribution in [2.24, 2.45) is 0 Å². The zero-order valence-electron chi connectivity index (χ0n) is 43.1. The summed E-state index contributed by atoms with van der Waals surface area (Å²) < 4.78 is 0. The van der Waals surface area contributed by atoms with Crippen LogP contribution in [0.2, 0.25) is 0 Å². The smallest absolute Gasteiger partial charge is 0.0540 e. The highest BCUT2D eigenvalue weighted by atomic mass is 15.1. The second-order valence-electron chi connectivity index (χ2n) is 21.3. The van der Waals surface area contributed by atoms with Crippen LogP contribution < -0.4 is 4.90 Å². The highest BCUT2D eigenvalue weighted by molar-refractivity contribution is 6.50. The topological polar surface area (TPSA) is 3.24 Å². The van der Waals surface area contributed by atoms with Crippen molar-refractivity contribution >= 4 is 114 Å². The number of hydrogen-bond donors (Lipinski definition) is 0. The Morgan fingerprint density at radius 3 is 0.987 bits per heavy atom. The first kappa shape index (κ1) is 43.9. The van der Waals surface area contributed by atoms with Crippen LogP contribution in [0.1, 0.15) is 0 Å². The van der Waals surface area contributed by atoms with Crippen LogP contribution in [-0.4, -0.2) is 0 Å². The molecule has 0 amide bonds. The van der Waals surface area contributed by atoms with Crippen LogP contribution in [0.5, 0.6) is 0 Å². The quantitative estimate of drug-likeness (QED) is 0.108. The molecule has 0 heterocycles. The van der Waals surface area contributed by atoms with E-state index in [0.717, 1.165) is 17.1 Å². The van der Waals surface area contributed by atoms with Crippen LogP contribution in [0.25, 0.3) is 153 Å². The zero-order chi connectivity index (χ0) is 51.7. The van der Waals surface area contributed by atoms with Crippen molar-refractivity contribution in [3.63, 3.8) is 0 Å². The van der Waals surface area contributed by atoms with Gasteiger partial charge in [0.1, 0.15) is 0 Å². The molecule has 0 N–H and O–H groups in total. The van der Waals surface area contributed by atoms with E-state index >= 15 is 0 Å². The zero-order valence-corrected chi connectivity index (χ0v) is 43.1. The lowest BCUT2D eigenvalue weighted by Gasteiger charge is -2.27. The normalized spacial score (nSPS) is 12.1. The maximum atomic E-state index is 2.46. The van der Waals surface area contributed by atoms with E-state index in [-0.39, 0.29) is 0 Å². The number of benzene rings is 15. The third kappa shape index (κ3) is 6.39. The van der Waals surface area contributed by atoms with Gasteiger partial charge in [0.05, 0.1) is 5.69 Å². The molecule has 0 aromatic heterocycles.